The molecule has 132 valence electrons. The van der Waals surface area contributed by atoms with Crippen molar-refractivity contribution in [3.05, 3.63) is 51.9 Å². The first kappa shape index (κ1) is 17.7. The SMILES string of the molecule is Cc1sc(NC(=O)c2ccccc2)c(C(=O)NC2CCCCC2)c1C. The highest BCUT2D eigenvalue weighted by molar-refractivity contribution is 7.16. The number of hydrogen-bond acceptors (Lipinski definition) is 3. The van der Waals surface area contributed by atoms with Crippen LogP contribution < -0.4 is 10.6 Å². The highest BCUT2D eigenvalue weighted by Gasteiger charge is 2.24. The predicted octanol–water partition coefficient (Wildman–Crippen LogP) is 4.68. The van der Waals surface area contributed by atoms with Crippen LogP contribution in [0, 0.1) is 13.8 Å². The van der Waals surface area contributed by atoms with E-state index in [0.29, 0.717) is 16.1 Å². The van der Waals surface area contributed by atoms with E-state index in [2.05, 4.69) is 10.6 Å². The van der Waals surface area contributed by atoms with Crippen LogP contribution >= 0.6 is 11.3 Å². The van der Waals surface area contributed by atoms with Crippen molar-refractivity contribution in [3.63, 3.8) is 0 Å². The second kappa shape index (κ2) is 7.83. The van der Waals surface area contributed by atoms with E-state index in [4.69, 9.17) is 0 Å². The second-order valence-corrected chi connectivity index (χ2v) is 7.84. The lowest BCUT2D eigenvalue weighted by Gasteiger charge is -2.23. The van der Waals surface area contributed by atoms with Crippen LogP contribution in [-0.4, -0.2) is 17.9 Å². The number of carbonyl (C=O) groups excluding carboxylic acids is 2. The summed E-state index contributed by atoms with van der Waals surface area (Å²) in [6, 6.07) is 9.32. The van der Waals surface area contributed by atoms with Gasteiger partial charge in [-0.1, -0.05) is 37.5 Å². The van der Waals surface area contributed by atoms with Gasteiger partial charge < -0.3 is 10.6 Å². The summed E-state index contributed by atoms with van der Waals surface area (Å²) >= 11 is 1.46. The molecule has 1 aliphatic carbocycles. The van der Waals surface area contributed by atoms with E-state index in [9.17, 15) is 9.59 Å². The van der Waals surface area contributed by atoms with Crippen LogP contribution in [0.15, 0.2) is 30.3 Å². The molecule has 0 atom stereocenters. The van der Waals surface area contributed by atoms with Gasteiger partial charge in [0.15, 0.2) is 0 Å². The summed E-state index contributed by atoms with van der Waals surface area (Å²) in [4.78, 5) is 26.3. The number of amides is 2. The molecule has 0 saturated heterocycles. The molecule has 3 rings (SSSR count). The first-order valence-electron chi connectivity index (χ1n) is 8.83. The van der Waals surface area contributed by atoms with Crippen molar-refractivity contribution < 1.29 is 9.59 Å². The third-order valence-corrected chi connectivity index (χ3v) is 5.94. The third kappa shape index (κ3) is 4.10. The van der Waals surface area contributed by atoms with Crippen molar-refractivity contribution in [1.82, 2.24) is 5.32 Å². The molecule has 5 heteroatoms. The predicted molar refractivity (Wildman–Crippen MR) is 103 cm³/mol. The largest absolute Gasteiger partial charge is 0.349 e. The first-order valence-corrected chi connectivity index (χ1v) is 9.65. The van der Waals surface area contributed by atoms with E-state index < -0.39 is 0 Å². The maximum Gasteiger partial charge on any atom is 0.256 e. The van der Waals surface area contributed by atoms with Gasteiger partial charge in [0.05, 0.1) is 5.56 Å². The standard InChI is InChI=1S/C20H24N2O2S/c1-13-14(2)25-20(22-18(23)15-9-5-3-6-10-15)17(13)19(24)21-16-11-7-4-8-12-16/h3,5-6,9-10,16H,4,7-8,11-12H2,1-2H3,(H,21,24)(H,22,23). The minimum absolute atomic E-state index is 0.0721. The Labute approximate surface area is 152 Å². The van der Waals surface area contributed by atoms with Gasteiger partial charge in [0.25, 0.3) is 11.8 Å². The molecule has 1 saturated carbocycles. The number of aryl methyl sites for hydroxylation is 1. The van der Waals surface area contributed by atoms with Crippen molar-refractivity contribution >= 4 is 28.2 Å². The number of hydrogen-bond donors (Lipinski definition) is 2. The van der Waals surface area contributed by atoms with Gasteiger partial charge in [-0.3, -0.25) is 9.59 Å². The monoisotopic (exact) mass is 356 g/mol. The highest BCUT2D eigenvalue weighted by atomic mass is 32.1. The van der Waals surface area contributed by atoms with E-state index >= 15 is 0 Å². The van der Waals surface area contributed by atoms with Crippen LogP contribution in [0.4, 0.5) is 5.00 Å². The van der Waals surface area contributed by atoms with Gasteiger partial charge in [0.2, 0.25) is 0 Å². The Bertz CT molecular complexity index is 762. The van der Waals surface area contributed by atoms with E-state index in [1.165, 1.54) is 30.6 Å². The van der Waals surface area contributed by atoms with Crippen LogP contribution in [0.25, 0.3) is 0 Å². The highest BCUT2D eigenvalue weighted by Crippen LogP contribution is 2.33. The number of nitrogens with one attached hydrogen (secondary N) is 2. The van der Waals surface area contributed by atoms with Gasteiger partial charge in [-0.15, -0.1) is 11.3 Å². The second-order valence-electron chi connectivity index (χ2n) is 6.62. The minimum Gasteiger partial charge on any atom is -0.349 e. The molecule has 2 amide bonds. The zero-order chi connectivity index (χ0) is 17.8. The van der Waals surface area contributed by atoms with Crippen LogP contribution in [0.3, 0.4) is 0 Å². The molecule has 0 aliphatic heterocycles. The van der Waals surface area contributed by atoms with Crippen LogP contribution in [0.1, 0.15) is 63.3 Å². The molecule has 1 heterocycles. The zero-order valence-electron chi connectivity index (χ0n) is 14.7. The van der Waals surface area contributed by atoms with Crippen molar-refractivity contribution in [2.75, 3.05) is 5.32 Å². The molecule has 0 bridgehead atoms. The summed E-state index contributed by atoms with van der Waals surface area (Å²) in [5.74, 6) is -0.259. The maximum absolute atomic E-state index is 12.8. The fraction of sp³-hybridized carbons (Fsp3) is 0.400. The normalized spacial score (nSPS) is 15.0. The summed E-state index contributed by atoms with van der Waals surface area (Å²) < 4.78 is 0. The molecule has 0 unspecified atom stereocenters. The molecule has 1 fully saturated rings. The van der Waals surface area contributed by atoms with E-state index in [1.54, 1.807) is 12.1 Å². The minimum atomic E-state index is -0.187. The number of anilines is 1. The summed E-state index contributed by atoms with van der Waals surface area (Å²) in [5.41, 5.74) is 2.14. The molecule has 1 aromatic carbocycles. The number of carbonyl (C=O) groups is 2. The lowest BCUT2D eigenvalue weighted by Crippen LogP contribution is -2.36. The Kier molecular flexibility index (Phi) is 5.53. The summed E-state index contributed by atoms with van der Waals surface area (Å²) in [6.07, 6.45) is 5.68. The molecular weight excluding hydrogens is 332 g/mol. The van der Waals surface area contributed by atoms with Gasteiger partial charge in [-0.2, -0.15) is 0 Å². The molecule has 2 aromatic rings. The van der Waals surface area contributed by atoms with Gasteiger partial charge in [0.1, 0.15) is 5.00 Å². The smallest absolute Gasteiger partial charge is 0.256 e. The van der Waals surface area contributed by atoms with Crippen molar-refractivity contribution in [3.8, 4) is 0 Å². The van der Waals surface area contributed by atoms with E-state index in [-0.39, 0.29) is 17.9 Å². The molecule has 0 radical (unpaired) electrons. The molecule has 2 N–H and O–H groups in total. The Balaban J connectivity index is 1.79. The van der Waals surface area contributed by atoms with Crippen molar-refractivity contribution in [2.24, 2.45) is 0 Å². The zero-order valence-corrected chi connectivity index (χ0v) is 15.5. The fourth-order valence-electron chi connectivity index (χ4n) is 3.26. The number of rotatable bonds is 4. The van der Waals surface area contributed by atoms with Gasteiger partial charge >= 0.3 is 0 Å². The topological polar surface area (TPSA) is 58.2 Å². The van der Waals surface area contributed by atoms with Crippen molar-refractivity contribution in [2.45, 2.75) is 52.0 Å². The molecule has 4 nitrogen and oxygen atoms in total. The van der Waals surface area contributed by atoms with Crippen LogP contribution in [-0.2, 0) is 0 Å². The summed E-state index contributed by atoms with van der Waals surface area (Å²) in [5, 5.41) is 6.72. The van der Waals surface area contributed by atoms with E-state index in [0.717, 1.165) is 23.3 Å². The lowest BCUT2D eigenvalue weighted by molar-refractivity contribution is 0.0928. The Morgan fingerprint density at radius 3 is 2.36 bits per heavy atom. The first-order chi connectivity index (χ1) is 12.1. The Morgan fingerprint density at radius 2 is 1.68 bits per heavy atom. The average molecular weight is 356 g/mol. The fourth-order valence-corrected chi connectivity index (χ4v) is 4.31. The van der Waals surface area contributed by atoms with Gasteiger partial charge in [-0.05, 0) is 44.4 Å². The third-order valence-electron chi connectivity index (χ3n) is 4.82. The number of thiophene rings is 1. The van der Waals surface area contributed by atoms with E-state index in [1.807, 2.05) is 32.0 Å². The number of benzene rings is 1. The van der Waals surface area contributed by atoms with Gasteiger partial charge in [-0.25, -0.2) is 0 Å². The molecule has 1 aliphatic rings. The maximum atomic E-state index is 12.8. The lowest BCUT2D eigenvalue weighted by atomic mass is 9.95. The van der Waals surface area contributed by atoms with Crippen molar-refractivity contribution in [1.29, 1.82) is 0 Å². The molecule has 0 spiro atoms. The quantitative estimate of drug-likeness (QED) is 0.836. The van der Waals surface area contributed by atoms with Crippen LogP contribution in [0.2, 0.25) is 0 Å². The average Bonchev–Trinajstić information content (AvgIpc) is 2.90. The van der Waals surface area contributed by atoms with Gasteiger partial charge in [0, 0.05) is 16.5 Å². The summed E-state index contributed by atoms with van der Waals surface area (Å²) in [7, 11) is 0. The molecule has 25 heavy (non-hydrogen) atoms. The molecular formula is C20H24N2O2S. The Hall–Kier alpha value is -2.14. The summed E-state index contributed by atoms with van der Waals surface area (Å²) in [6.45, 7) is 3.93. The van der Waals surface area contributed by atoms with Crippen LogP contribution in [0.5, 0.6) is 0 Å². The molecule has 1 aromatic heterocycles. The Morgan fingerprint density at radius 1 is 1.00 bits per heavy atom.